The number of nitrogens with one attached hydrogen (secondary N) is 1. The Bertz CT molecular complexity index is 982. The Hall–Kier alpha value is -3.28. The van der Waals surface area contributed by atoms with Crippen molar-refractivity contribution in [3.8, 4) is 11.5 Å². The number of hydrogen-bond donors (Lipinski definition) is 2. The molecule has 0 saturated heterocycles. The number of esters is 1. The fraction of sp³-hybridized carbons (Fsp3) is 0.273. The molecular formula is C22H22N2O4. The Morgan fingerprint density at radius 1 is 1.18 bits per heavy atom. The van der Waals surface area contributed by atoms with Gasteiger partial charge in [0.1, 0.15) is 0 Å². The summed E-state index contributed by atoms with van der Waals surface area (Å²) in [5.74, 6) is 0.535. The highest BCUT2D eigenvalue weighted by atomic mass is 16.6. The van der Waals surface area contributed by atoms with Gasteiger partial charge in [-0.15, -0.1) is 0 Å². The molecule has 0 aromatic heterocycles. The van der Waals surface area contributed by atoms with Gasteiger partial charge in [-0.1, -0.05) is 30.4 Å². The zero-order valence-corrected chi connectivity index (χ0v) is 15.8. The highest BCUT2D eigenvalue weighted by molar-refractivity contribution is 5.99. The van der Waals surface area contributed by atoms with Crippen LogP contribution in [0, 0.1) is 5.92 Å². The predicted molar refractivity (Wildman–Crippen MR) is 106 cm³/mol. The van der Waals surface area contributed by atoms with Crippen molar-refractivity contribution >= 4 is 17.6 Å². The van der Waals surface area contributed by atoms with Crippen LogP contribution < -0.4 is 20.5 Å². The van der Waals surface area contributed by atoms with Crippen LogP contribution in [0.15, 0.2) is 48.6 Å². The number of hydrogen-bond acceptors (Lipinski definition) is 5. The molecule has 2 aliphatic rings. The molecular weight excluding hydrogens is 356 g/mol. The third-order valence-corrected chi connectivity index (χ3v) is 5.46. The van der Waals surface area contributed by atoms with E-state index in [0.717, 1.165) is 23.2 Å². The molecule has 2 aromatic rings. The second kappa shape index (κ2) is 7.03. The van der Waals surface area contributed by atoms with Crippen molar-refractivity contribution in [2.75, 3.05) is 12.4 Å². The molecule has 3 unspecified atom stereocenters. The third-order valence-electron chi connectivity index (χ3n) is 5.46. The lowest BCUT2D eigenvalue weighted by Crippen LogP contribution is -2.31. The molecule has 6 nitrogen and oxygen atoms in total. The molecule has 0 radical (unpaired) electrons. The number of methoxy groups -OCH3 is 1. The van der Waals surface area contributed by atoms with E-state index in [-0.39, 0.29) is 12.0 Å². The number of allylic oxidation sites excluding steroid dienone is 2. The average Bonchev–Trinajstić information content (AvgIpc) is 3.17. The number of benzene rings is 2. The monoisotopic (exact) mass is 378 g/mol. The molecule has 1 heterocycles. The third kappa shape index (κ3) is 3.01. The van der Waals surface area contributed by atoms with E-state index in [1.165, 1.54) is 6.92 Å². The molecule has 144 valence electrons. The molecule has 1 aliphatic heterocycles. The fourth-order valence-electron chi connectivity index (χ4n) is 4.27. The summed E-state index contributed by atoms with van der Waals surface area (Å²) in [6, 6.07) is 11.2. The summed E-state index contributed by atoms with van der Waals surface area (Å²) in [6.45, 7) is 1.35. The molecule has 6 heteroatoms. The van der Waals surface area contributed by atoms with E-state index in [2.05, 4.69) is 17.5 Å². The van der Waals surface area contributed by atoms with Crippen molar-refractivity contribution in [3.63, 3.8) is 0 Å². The average molecular weight is 378 g/mol. The normalized spacial score (nSPS) is 22.0. The van der Waals surface area contributed by atoms with Gasteiger partial charge in [0.25, 0.3) is 5.91 Å². The second-order valence-corrected chi connectivity index (χ2v) is 7.11. The Labute approximate surface area is 163 Å². The first kappa shape index (κ1) is 18.1. The number of ether oxygens (including phenoxy) is 2. The standard InChI is InChI=1S/C22H22N2O4/c1-12(25)28-18-10-9-13(11-19(18)27-2)20-15-6-3-5-14(15)16-7-4-8-17(22(23)26)21(16)24-20/h3-5,7-11,14-15,20,24H,6H2,1-2H3,(H2,23,26). The molecule has 3 atom stereocenters. The molecule has 28 heavy (non-hydrogen) atoms. The molecule has 3 N–H and O–H groups in total. The van der Waals surface area contributed by atoms with Crippen LogP contribution in [0.1, 0.15) is 46.8 Å². The Morgan fingerprint density at radius 3 is 2.71 bits per heavy atom. The fourth-order valence-corrected chi connectivity index (χ4v) is 4.27. The first-order chi connectivity index (χ1) is 13.5. The van der Waals surface area contributed by atoms with Gasteiger partial charge >= 0.3 is 5.97 Å². The van der Waals surface area contributed by atoms with Gasteiger partial charge in [0, 0.05) is 12.8 Å². The lowest BCUT2D eigenvalue weighted by Gasteiger charge is -2.38. The van der Waals surface area contributed by atoms with E-state index in [9.17, 15) is 9.59 Å². The molecule has 2 aromatic carbocycles. The maximum Gasteiger partial charge on any atom is 0.308 e. The van der Waals surface area contributed by atoms with Crippen LogP contribution in [0.25, 0.3) is 0 Å². The molecule has 0 saturated carbocycles. The zero-order chi connectivity index (χ0) is 19.8. The Kier molecular flexibility index (Phi) is 4.55. The van der Waals surface area contributed by atoms with Crippen LogP contribution >= 0.6 is 0 Å². The van der Waals surface area contributed by atoms with Gasteiger partial charge in [0.05, 0.1) is 24.4 Å². The van der Waals surface area contributed by atoms with Gasteiger partial charge in [-0.05, 0) is 41.7 Å². The van der Waals surface area contributed by atoms with Crippen molar-refractivity contribution in [1.82, 2.24) is 0 Å². The smallest absolute Gasteiger partial charge is 0.308 e. The van der Waals surface area contributed by atoms with Crippen molar-refractivity contribution in [2.45, 2.75) is 25.3 Å². The first-order valence-corrected chi connectivity index (χ1v) is 9.22. The summed E-state index contributed by atoms with van der Waals surface area (Å²) in [4.78, 5) is 23.3. The van der Waals surface area contributed by atoms with Crippen LogP contribution in [-0.2, 0) is 4.79 Å². The summed E-state index contributed by atoms with van der Waals surface area (Å²) < 4.78 is 10.6. The van der Waals surface area contributed by atoms with E-state index in [1.807, 2.05) is 24.3 Å². The van der Waals surface area contributed by atoms with E-state index in [1.54, 1.807) is 19.2 Å². The minimum absolute atomic E-state index is 0.0340. The number of fused-ring (bicyclic) bond motifs is 3. The minimum atomic E-state index is -0.452. The van der Waals surface area contributed by atoms with Crippen LogP contribution in [0.5, 0.6) is 11.5 Å². The topological polar surface area (TPSA) is 90.7 Å². The quantitative estimate of drug-likeness (QED) is 0.482. The van der Waals surface area contributed by atoms with Gasteiger partial charge in [0.2, 0.25) is 0 Å². The first-order valence-electron chi connectivity index (χ1n) is 9.22. The van der Waals surface area contributed by atoms with Crippen molar-refractivity contribution in [3.05, 3.63) is 65.2 Å². The lowest BCUT2D eigenvalue weighted by atomic mass is 9.76. The highest BCUT2D eigenvalue weighted by Gasteiger charge is 2.39. The number of carbonyl (C=O) groups excluding carboxylic acids is 2. The van der Waals surface area contributed by atoms with E-state index >= 15 is 0 Å². The largest absolute Gasteiger partial charge is 0.493 e. The minimum Gasteiger partial charge on any atom is -0.493 e. The summed E-state index contributed by atoms with van der Waals surface area (Å²) in [5.41, 5.74) is 8.97. The van der Waals surface area contributed by atoms with Gasteiger partial charge in [-0.2, -0.15) is 0 Å². The predicted octanol–water partition coefficient (Wildman–Crippen LogP) is 3.55. The van der Waals surface area contributed by atoms with Crippen molar-refractivity contribution in [1.29, 1.82) is 0 Å². The lowest BCUT2D eigenvalue weighted by molar-refractivity contribution is -0.132. The van der Waals surface area contributed by atoms with Crippen LogP contribution in [-0.4, -0.2) is 19.0 Å². The number of para-hydroxylation sites is 1. The number of amides is 1. The van der Waals surface area contributed by atoms with Gasteiger partial charge in [-0.25, -0.2) is 0 Å². The van der Waals surface area contributed by atoms with Crippen molar-refractivity contribution < 1.29 is 19.1 Å². The summed E-state index contributed by atoms with van der Waals surface area (Å²) in [7, 11) is 1.54. The zero-order valence-electron chi connectivity index (χ0n) is 15.8. The van der Waals surface area contributed by atoms with Gasteiger partial charge in [-0.3, -0.25) is 9.59 Å². The summed E-state index contributed by atoms with van der Waals surface area (Å²) >= 11 is 0. The van der Waals surface area contributed by atoms with Crippen LogP contribution in [0.4, 0.5) is 5.69 Å². The van der Waals surface area contributed by atoms with Gasteiger partial charge < -0.3 is 20.5 Å². The van der Waals surface area contributed by atoms with E-state index < -0.39 is 11.9 Å². The van der Waals surface area contributed by atoms with Crippen LogP contribution in [0.3, 0.4) is 0 Å². The molecule has 1 aliphatic carbocycles. The van der Waals surface area contributed by atoms with Gasteiger partial charge in [0.15, 0.2) is 11.5 Å². The maximum absolute atomic E-state index is 12.0. The Morgan fingerprint density at radius 2 is 2.00 bits per heavy atom. The molecule has 0 bridgehead atoms. The van der Waals surface area contributed by atoms with E-state index in [4.69, 9.17) is 15.2 Å². The van der Waals surface area contributed by atoms with Crippen molar-refractivity contribution in [2.24, 2.45) is 11.7 Å². The summed E-state index contributed by atoms with van der Waals surface area (Å²) in [5, 5.41) is 3.54. The number of nitrogens with two attached hydrogens (primary N) is 1. The SMILES string of the molecule is COc1cc(C2Nc3c(C(N)=O)cccc3C3C=CCC32)ccc1OC(C)=O. The van der Waals surface area contributed by atoms with E-state index in [0.29, 0.717) is 23.0 Å². The molecule has 0 spiro atoms. The number of anilines is 1. The highest BCUT2D eigenvalue weighted by Crippen LogP contribution is 2.51. The van der Waals surface area contributed by atoms with Crippen LogP contribution in [0.2, 0.25) is 0 Å². The number of primary amides is 1. The summed E-state index contributed by atoms with van der Waals surface area (Å²) in [6.07, 6.45) is 5.31. The molecule has 0 fully saturated rings. The number of carbonyl (C=O) groups is 2. The molecule has 4 rings (SSSR count). The Balaban J connectivity index is 1.77. The number of rotatable bonds is 4. The molecule has 1 amide bonds. The second-order valence-electron chi connectivity index (χ2n) is 7.11. The maximum atomic E-state index is 12.0.